The van der Waals surface area contributed by atoms with Crippen LogP contribution in [0.15, 0.2) is 34.1 Å². The first-order valence-corrected chi connectivity index (χ1v) is 7.27. The summed E-state index contributed by atoms with van der Waals surface area (Å²) in [6.45, 7) is 6.26. The van der Waals surface area contributed by atoms with Gasteiger partial charge in [0.25, 0.3) is 0 Å². The van der Waals surface area contributed by atoms with Crippen molar-refractivity contribution in [1.82, 2.24) is 10.2 Å². The van der Waals surface area contributed by atoms with Crippen molar-refractivity contribution in [2.75, 3.05) is 26.2 Å². The molecule has 1 N–H and O–H groups in total. The molecule has 1 aliphatic rings. The van der Waals surface area contributed by atoms with Gasteiger partial charge in [0.05, 0.1) is 0 Å². The molecule has 1 atom stereocenters. The van der Waals surface area contributed by atoms with Gasteiger partial charge >= 0.3 is 0 Å². The molecule has 1 fully saturated rings. The van der Waals surface area contributed by atoms with Crippen LogP contribution in [0.5, 0.6) is 0 Å². The Labute approximate surface area is 136 Å². The number of halogens is 2. The summed E-state index contributed by atoms with van der Waals surface area (Å²) in [6, 6.07) is 8.76. The number of aryl methyl sites for hydroxylation is 1. The SMILES string of the molecule is Cc1ccc([C@H](c2cccs2)N2CCNCC2)o1.Cl.Cl. The largest absolute Gasteiger partial charge is 0.464 e. The Kier molecular flexibility index (Phi) is 7.06. The molecule has 3 rings (SSSR count). The van der Waals surface area contributed by atoms with Gasteiger partial charge in [-0.3, -0.25) is 4.90 Å². The molecule has 6 heteroatoms. The van der Waals surface area contributed by atoms with Gasteiger partial charge in [0.2, 0.25) is 0 Å². The molecule has 0 unspecified atom stereocenters. The summed E-state index contributed by atoms with van der Waals surface area (Å²) in [5, 5.41) is 5.54. The van der Waals surface area contributed by atoms with E-state index in [1.54, 1.807) is 11.3 Å². The molecule has 2 aromatic heterocycles. The number of piperazine rings is 1. The van der Waals surface area contributed by atoms with Crippen molar-refractivity contribution in [2.45, 2.75) is 13.0 Å². The number of thiophene rings is 1. The van der Waals surface area contributed by atoms with Crippen molar-refractivity contribution in [3.63, 3.8) is 0 Å². The van der Waals surface area contributed by atoms with Crippen molar-refractivity contribution >= 4 is 36.2 Å². The standard InChI is InChI=1S/C14H18N2OS.2ClH/c1-11-4-5-12(17-11)14(13-3-2-10-18-13)16-8-6-15-7-9-16;;/h2-5,10,14-15H,6-9H2,1H3;2*1H/t14-;;/m1../s1. The van der Waals surface area contributed by atoms with E-state index in [1.165, 1.54) is 4.88 Å². The Balaban J connectivity index is 0.000001000. The van der Waals surface area contributed by atoms with Gasteiger partial charge in [-0.05, 0) is 30.5 Å². The second-order valence-corrected chi connectivity index (χ2v) is 5.63. The Hall–Kier alpha value is -0.520. The molecule has 1 aliphatic heterocycles. The van der Waals surface area contributed by atoms with Crippen molar-refractivity contribution in [3.8, 4) is 0 Å². The predicted octanol–water partition coefficient (Wildman–Crippen LogP) is 3.49. The highest BCUT2D eigenvalue weighted by Crippen LogP contribution is 2.32. The average molecular weight is 335 g/mol. The minimum Gasteiger partial charge on any atom is -0.464 e. The molecular formula is C14H20Cl2N2OS. The molecule has 112 valence electrons. The van der Waals surface area contributed by atoms with Gasteiger partial charge in [0, 0.05) is 31.1 Å². The minimum atomic E-state index is 0. The summed E-state index contributed by atoms with van der Waals surface area (Å²) in [5.41, 5.74) is 0. The van der Waals surface area contributed by atoms with Crippen molar-refractivity contribution in [2.24, 2.45) is 0 Å². The van der Waals surface area contributed by atoms with Gasteiger partial charge in [-0.1, -0.05) is 6.07 Å². The van der Waals surface area contributed by atoms with Crippen LogP contribution >= 0.6 is 36.2 Å². The van der Waals surface area contributed by atoms with Crippen LogP contribution in [0.3, 0.4) is 0 Å². The van der Waals surface area contributed by atoms with E-state index in [-0.39, 0.29) is 30.9 Å². The van der Waals surface area contributed by atoms with Crippen molar-refractivity contribution in [1.29, 1.82) is 0 Å². The third-order valence-electron chi connectivity index (χ3n) is 3.36. The normalized spacial score (nSPS) is 17.1. The summed E-state index contributed by atoms with van der Waals surface area (Å²) in [6.07, 6.45) is 0. The fourth-order valence-corrected chi connectivity index (χ4v) is 3.35. The molecule has 3 nitrogen and oxygen atoms in total. The monoisotopic (exact) mass is 334 g/mol. The lowest BCUT2D eigenvalue weighted by atomic mass is 10.1. The maximum Gasteiger partial charge on any atom is 0.126 e. The van der Waals surface area contributed by atoms with E-state index >= 15 is 0 Å². The van der Waals surface area contributed by atoms with Crippen LogP contribution in [0.2, 0.25) is 0 Å². The molecule has 0 amide bonds. The first-order valence-electron chi connectivity index (χ1n) is 6.39. The van der Waals surface area contributed by atoms with Crippen LogP contribution < -0.4 is 5.32 Å². The minimum absolute atomic E-state index is 0. The van der Waals surface area contributed by atoms with Crippen LogP contribution in [-0.4, -0.2) is 31.1 Å². The van der Waals surface area contributed by atoms with Gasteiger partial charge in [-0.25, -0.2) is 0 Å². The predicted molar refractivity (Wildman–Crippen MR) is 88.5 cm³/mol. The Morgan fingerprint density at radius 3 is 2.50 bits per heavy atom. The molecule has 1 saturated heterocycles. The van der Waals surface area contributed by atoms with Crippen LogP contribution in [0, 0.1) is 6.92 Å². The highest BCUT2D eigenvalue weighted by molar-refractivity contribution is 7.10. The summed E-state index contributed by atoms with van der Waals surface area (Å²) in [7, 11) is 0. The smallest absolute Gasteiger partial charge is 0.126 e. The molecule has 0 radical (unpaired) electrons. The number of furan rings is 1. The van der Waals surface area contributed by atoms with E-state index in [0.29, 0.717) is 0 Å². The first kappa shape index (κ1) is 17.5. The fourth-order valence-electron chi connectivity index (χ4n) is 2.49. The van der Waals surface area contributed by atoms with E-state index in [0.717, 1.165) is 37.7 Å². The summed E-state index contributed by atoms with van der Waals surface area (Å²) < 4.78 is 5.87. The molecule has 2 aromatic rings. The van der Waals surface area contributed by atoms with E-state index in [1.807, 2.05) is 6.92 Å². The van der Waals surface area contributed by atoms with Crippen molar-refractivity contribution in [3.05, 3.63) is 46.0 Å². The van der Waals surface area contributed by atoms with E-state index < -0.39 is 0 Å². The lowest BCUT2D eigenvalue weighted by Gasteiger charge is -2.33. The Bertz CT molecular complexity index is 495. The molecular weight excluding hydrogens is 315 g/mol. The second-order valence-electron chi connectivity index (χ2n) is 4.65. The van der Waals surface area contributed by atoms with Crippen LogP contribution in [-0.2, 0) is 0 Å². The number of nitrogens with one attached hydrogen (secondary N) is 1. The quantitative estimate of drug-likeness (QED) is 0.931. The molecule has 0 aromatic carbocycles. The summed E-state index contributed by atoms with van der Waals surface area (Å²) in [4.78, 5) is 3.87. The van der Waals surface area contributed by atoms with Crippen LogP contribution in [0.4, 0.5) is 0 Å². The van der Waals surface area contributed by atoms with E-state index in [9.17, 15) is 0 Å². The molecule has 0 spiro atoms. The number of hydrogen-bond acceptors (Lipinski definition) is 4. The van der Waals surface area contributed by atoms with E-state index in [2.05, 4.69) is 39.9 Å². The van der Waals surface area contributed by atoms with Gasteiger partial charge in [0.1, 0.15) is 17.6 Å². The maximum absolute atomic E-state index is 5.87. The first-order chi connectivity index (χ1) is 8.84. The molecule has 0 aliphatic carbocycles. The zero-order valence-electron chi connectivity index (χ0n) is 11.4. The third kappa shape index (κ3) is 3.77. The van der Waals surface area contributed by atoms with Crippen LogP contribution in [0.25, 0.3) is 0 Å². The maximum atomic E-state index is 5.87. The lowest BCUT2D eigenvalue weighted by molar-refractivity contribution is 0.181. The molecule has 20 heavy (non-hydrogen) atoms. The summed E-state index contributed by atoms with van der Waals surface area (Å²) >= 11 is 1.81. The Morgan fingerprint density at radius 1 is 1.20 bits per heavy atom. The highest BCUT2D eigenvalue weighted by atomic mass is 35.5. The number of rotatable bonds is 3. The van der Waals surface area contributed by atoms with Gasteiger partial charge in [-0.2, -0.15) is 0 Å². The van der Waals surface area contributed by atoms with Crippen molar-refractivity contribution < 1.29 is 4.42 Å². The molecule has 3 heterocycles. The molecule has 0 bridgehead atoms. The average Bonchev–Trinajstić information content (AvgIpc) is 3.04. The summed E-state index contributed by atoms with van der Waals surface area (Å²) in [5.74, 6) is 2.05. The number of hydrogen-bond donors (Lipinski definition) is 1. The van der Waals surface area contributed by atoms with Gasteiger partial charge in [-0.15, -0.1) is 36.2 Å². The van der Waals surface area contributed by atoms with Crippen LogP contribution in [0.1, 0.15) is 22.4 Å². The zero-order valence-corrected chi connectivity index (χ0v) is 13.8. The molecule has 0 saturated carbocycles. The topological polar surface area (TPSA) is 28.4 Å². The van der Waals surface area contributed by atoms with E-state index in [4.69, 9.17) is 4.42 Å². The lowest BCUT2D eigenvalue weighted by Crippen LogP contribution is -2.45. The zero-order chi connectivity index (χ0) is 12.4. The number of nitrogens with zero attached hydrogens (tertiary/aromatic N) is 1. The van der Waals surface area contributed by atoms with Gasteiger partial charge < -0.3 is 9.73 Å². The second kappa shape index (κ2) is 8.05. The Morgan fingerprint density at radius 2 is 1.95 bits per heavy atom. The third-order valence-corrected chi connectivity index (χ3v) is 4.28. The fraction of sp³-hybridized carbons (Fsp3) is 0.429. The highest BCUT2D eigenvalue weighted by Gasteiger charge is 2.26. The van der Waals surface area contributed by atoms with Gasteiger partial charge in [0.15, 0.2) is 0 Å².